The van der Waals surface area contributed by atoms with Gasteiger partial charge in [-0.25, -0.2) is 0 Å². The molecule has 0 unspecified atom stereocenters. The Bertz CT molecular complexity index is 596. The molecule has 0 radical (unpaired) electrons. The third-order valence-electron chi connectivity index (χ3n) is 2.74. The summed E-state index contributed by atoms with van der Waals surface area (Å²) in [6, 6.07) is 5.60. The molecule has 2 aromatic rings. The molecule has 0 aliphatic carbocycles. The number of hydrogen-bond acceptors (Lipinski definition) is 1. The Balaban J connectivity index is 2.70. The number of aromatic nitrogens is 1. The zero-order chi connectivity index (χ0) is 12.8. The Morgan fingerprint density at radius 1 is 1.24 bits per heavy atom. The third-order valence-corrected chi connectivity index (χ3v) is 2.74. The molecular weight excluding hydrogens is 231 g/mol. The second kappa shape index (κ2) is 3.61. The molecule has 2 nitrogen and oxygen atoms in total. The van der Waals surface area contributed by atoms with Crippen molar-refractivity contribution in [2.75, 3.05) is 0 Å². The van der Waals surface area contributed by atoms with Crippen LogP contribution in [0.15, 0.2) is 24.3 Å². The van der Waals surface area contributed by atoms with Crippen molar-refractivity contribution in [1.82, 2.24) is 4.57 Å². The molecule has 5 heteroatoms. The molecule has 0 atom stereocenters. The number of fused-ring (bicyclic) bond motifs is 1. The Morgan fingerprint density at radius 2 is 1.88 bits per heavy atom. The molecule has 0 amide bonds. The summed E-state index contributed by atoms with van der Waals surface area (Å²) in [4.78, 5) is 11.1. The zero-order valence-electron chi connectivity index (χ0n) is 9.30. The van der Waals surface area contributed by atoms with Crippen LogP contribution in [0.2, 0.25) is 0 Å². The first kappa shape index (κ1) is 11.7. The van der Waals surface area contributed by atoms with E-state index < -0.39 is 11.9 Å². The lowest BCUT2D eigenvalue weighted by Crippen LogP contribution is -2.10. The maximum Gasteiger partial charge on any atom is 0.431 e. The highest BCUT2D eigenvalue weighted by Crippen LogP contribution is 2.33. The monoisotopic (exact) mass is 241 g/mol. The van der Waals surface area contributed by atoms with Crippen LogP contribution in [0.25, 0.3) is 10.9 Å². The predicted octanol–water partition coefficient (Wildman–Crippen LogP) is 3.40. The highest BCUT2D eigenvalue weighted by atomic mass is 19.4. The number of Topliss-reactive ketones (excluding diaryl/α,β-unsaturated/α-hetero) is 1. The molecule has 1 aromatic carbocycles. The quantitative estimate of drug-likeness (QED) is 0.701. The van der Waals surface area contributed by atoms with E-state index in [9.17, 15) is 18.0 Å². The first-order chi connectivity index (χ1) is 7.80. The molecule has 0 fully saturated rings. The van der Waals surface area contributed by atoms with E-state index in [0.29, 0.717) is 16.5 Å². The van der Waals surface area contributed by atoms with E-state index in [1.54, 1.807) is 0 Å². The number of carbonyl (C=O) groups is 1. The normalized spacial score (nSPS) is 12.1. The minimum Gasteiger partial charge on any atom is -0.340 e. The van der Waals surface area contributed by atoms with E-state index in [-0.39, 0.29) is 5.78 Å². The summed E-state index contributed by atoms with van der Waals surface area (Å²) in [6.45, 7) is 1.38. The van der Waals surface area contributed by atoms with E-state index in [2.05, 4.69) is 0 Å². The van der Waals surface area contributed by atoms with E-state index in [4.69, 9.17) is 0 Å². The van der Waals surface area contributed by atoms with Crippen molar-refractivity contribution in [2.45, 2.75) is 13.1 Å². The van der Waals surface area contributed by atoms with E-state index in [0.717, 1.165) is 10.6 Å². The Labute approximate surface area is 95.7 Å². The van der Waals surface area contributed by atoms with Crippen molar-refractivity contribution in [2.24, 2.45) is 7.05 Å². The van der Waals surface area contributed by atoms with Gasteiger partial charge < -0.3 is 4.57 Å². The first-order valence-electron chi connectivity index (χ1n) is 4.98. The van der Waals surface area contributed by atoms with Crippen molar-refractivity contribution in [3.05, 3.63) is 35.5 Å². The van der Waals surface area contributed by atoms with Crippen molar-refractivity contribution >= 4 is 16.7 Å². The molecule has 0 saturated carbocycles. The van der Waals surface area contributed by atoms with Gasteiger partial charge in [0.1, 0.15) is 5.69 Å². The molecular formula is C12H10F3NO. The fourth-order valence-corrected chi connectivity index (χ4v) is 1.84. The molecule has 2 rings (SSSR count). The summed E-state index contributed by atoms with van der Waals surface area (Å²) in [6.07, 6.45) is -4.38. The second-order valence-corrected chi connectivity index (χ2v) is 3.92. The van der Waals surface area contributed by atoms with E-state index >= 15 is 0 Å². The van der Waals surface area contributed by atoms with Crippen molar-refractivity contribution in [1.29, 1.82) is 0 Å². The molecule has 1 heterocycles. The SMILES string of the molecule is CC(=O)c1ccc2c(c1)cc(C(F)(F)F)n2C. The molecule has 0 aliphatic rings. The average molecular weight is 241 g/mol. The Kier molecular flexibility index (Phi) is 2.49. The van der Waals surface area contributed by atoms with Gasteiger partial charge in [0.2, 0.25) is 0 Å². The maximum absolute atomic E-state index is 12.7. The topological polar surface area (TPSA) is 22.0 Å². The summed E-state index contributed by atoms with van der Waals surface area (Å²) in [7, 11) is 1.36. The molecule has 17 heavy (non-hydrogen) atoms. The van der Waals surface area contributed by atoms with Crippen LogP contribution >= 0.6 is 0 Å². The molecule has 0 spiro atoms. The lowest BCUT2D eigenvalue weighted by atomic mass is 10.1. The van der Waals surface area contributed by atoms with Gasteiger partial charge in [-0.1, -0.05) is 0 Å². The minimum absolute atomic E-state index is 0.163. The van der Waals surface area contributed by atoms with Crippen molar-refractivity contribution in [3.63, 3.8) is 0 Å². The van der Waals surface area contributed by atoms with Gasteiger partial charge in [-0.05, 0) is 31.2 Å². The van der Waals surface area contributed by atoms with Crippen molar-refractivity contribution < 1.29 is 18.0 Å². The van der Waals surface area contributed by atoms with Crippen LogP contribution in [0, 0.1) is 0 Å². The highest BCUT2D eigenvalue weighted by Gasteiger charge is 2.34. The smallest absolute Gasteiger partial charge is 0.340 e. The Morgan fingerprint density at radius 3 is 2.41 bits per heavy atom. The fraction of sp³-hybridized carbons (Fsp3) is 0.250. The van der Waals surface area contributed by atoms with Gasteiger partial charge in [0.25, 0.3) is 0 Å². The number of alkyl halides is 3. The van der Waals surface area contributed by atoms with Crippen LogP contribution in [0.3, 0.4) is 0 Å². The third kappa shape index (κ3) is 1.92. The average Bonchev–Trinajstić information content (AvgIpc) is 2.55. The van der Waals surface area contributed by atoms with Gasteiger partial charge in [0, 0.05) is 23.5 Å². The van der Waals surface area contributed by atoms with Gasteiger partial charge in [0.05, 0.1) is 0 Å². The number of hydrogen-bond donors (Lipinski definition) is 0. The van der Waals surface area contributed by atoms with Crippen molar-refractivity contribution in [3.8, 4) is 0 Å². The molecule has 0 saturated heterocycles. The zero-order valence-corrected chi connectivity index (χ0v) is 9.30. The first-order valence-corrected chi connectivity index (χ1v) is 4.98. The number of benzene rings is 1. The number of ketones is 1. The summed E-state index contributed by atoms with van der Waals surface area (Å²) < 4.78 is 39.1. The van der Waals surface area contributed by atoms with E-state index in [1.807, 2.05) is 0 Å². The van der Waals surface area contributed by atoms with Gasteiger partial charge in [-0.3, -0.25) is 4.79 Å². The minimum atomic E-state index is -4.38. The maximum atomic E-state index is 12.7. The van der Waals surface area contributed by atoms with Crippen LogP contribution in [-0.2, 0) is 13.2 Å². The summed E-state index contributed by atoms with van der Waals surface area (Å²) in [5, 5.41) is 0.424. The summed E-state index contributed by atoms with van der Waals surface area (Å²) >= 11 is 0. The van der Waals surface area contributed by atoms with Crippen LogP contribution < -0.4 is 0 Å². The number of aryl methyl sites for hydroxylation is 1. The van der Waals surface area contributed by atoms with Crippen LogP contribution in [0.5, 0.6) is 0 Å². The van der Waals surface area contributed by atoms with Gasteiger partial charge in [-0.2, -0.15) is 13.2 Å². The van der Waals surface area contributed by atoms with Crippen LogP contribution in [0.1, 0.15) is 23.0 Å². The Hall–Kier alpha value is -1.78. The molecule has 0 aliphatic heterocycles. The molecule has 1 aromatic heterocycles. The molecule has 0 N–H and O–H groups in total. The number of nitrogens with zero attached hydrogens (tertiary/aromatic N) is 1. The summed E-state index contributed by atoms with van der Waals surface area (Å²) in [5.41, 5.74) is 0.160. The standard InChI is InChI=1S/C12H10F3NO/c1-7(17)8-3-4-10-9(5-8)6-11(16(10)2)12(13,14)15/h3-6H,1-2H3. The van der Waals surface area contributed by atoms with Gasteiger partial charge in [-0.15, -0.1) is 0 Å². The number of rotatable bonds is 1. The van der Waals surface area contributed by atoms with E-state index in [1.165, 1.54) is 32.2 Å². The number of carbonyl (C=O) groups excluding carboxylic acids is 1. The van der Waals surface area contributed by atoms with Crippen LogP contribution in [-0.4, -0.2) is 10.4 Å². The van der Waals surface area contributed by atoms with Gasteiger partial charge >= 0.3 is 6.18 Å². The second-order valence-electron chi connectivity index (χ2n) is 3.92. The molecule has 0 bridgehead atoms. The van der Waals surface area contributed by atoms with Crippen LogP contribution in [0.4, 0.5) is 13.2 Å². The lowest BCUT2D eigenvalue weighted by molar-refractivity contribution is -0.142. The summed E-state index contributed by atoms with van der Waals surface area (Å²) in [5.74, 6) is -0.163. The fourth-order valence-electron chi connectivity index (χ4n) is 1.84. The van der Waals surface area contributed by atoms with Gasteiger partial charge in [0.15, 0.2) is 5.78 Å². The highest BCUT2D eigenvalue weighted by molar-refractivity contribution is 5.98. The predicted molar refractivity (Wildman–Crippen MR) is 57.9 cm³/mol. The largest absolute Gasteiger partial charge is 0.431 e. The lowest BCUT2D eigenvalue weighted by Gasteiger charge is -2.07. The number of halogens is 3. The molecule has 90 valence electrons.